The fourth-order valence-corrected chi connectivity index (χ4v) is 5.59. The Bertz CT molecular complexity index is 920. The number of aromatic hydroxyl groups is 1. The van der Waals surface area contributed by atoms with Crippen LogP contribution in [0.2, 0.25) is 0 Å². The van der Waals surface area contributed by atoms with Crippen molar-refractivity contribution < 1.29 is 9.90 Å². The van der Waals surface area contributed by atoms with Crippen molar-refractivity contribution in [1.29, 1.82) is 0 Å². The van der Waals surface area contributed by atoms with Gasteiger partial charge in [0.15, 0.2) is 0 Å². The predicted octanol–water partition coefficient (Wildman–Crippen LogP) is 3.92. The summed E-state index contributed by atoms with van der Waals surface area (Å²) in [7, 11) is 0. The van der Waals surface area contributed by atoms with Crippen molar-refractivity contribution in [2.75, 3.05) is 29.9 Å². The van der Waals surface area contributed by atoms with Gasteiger partial charge in [0.1, 0.15) is 16.9 Å². The zero-order valence-electron chi connectivity index (χ0n) is 17.6. The molecule has 1 aromatic heterocycles. The van der Waals surface area contributed by atoms with Crippen LogP contribution in [0.4, 0.5) is 10.7 Å². The van der Waals surface area contributed by atoms with Gasteiger partial charge in [0, 0.05) is 54.4 Å². The van der Waals surface area contributed by atoms with Crippen LogP contribution in [0, 0.1) is 0 Å². The predicted molar refractivity (Wildman–Crippen MR) is 119 cm³/mol. The number of hydrogen-bond donors (Lipinski definition) is 3. The molecule has 0 unspecified atom stereocenters. The minimum Gasteiger partial charge on any atom is -0.507 e. The molecular formula is C22H30N4O2S. The Balaban J connectivity index is 1.61. The van der Waals surface area contributed by atoms with Crippen LogP contribution in [0.3, 0.4) is 0 Å². The third kappa shape index (κ3) is 3.57. The molecule has 1 atom stereocenters. The first-order chi connectivity index (χ1) is 13.9. The summed E-state index contributed by atoms with van der Waals surface area (Å²) >= 11 is 1.68. The maximum absolute atomic E-state index is 12.9. The lowest BCUT2D eigenvalue weighted by molar-refractivity contribution is 0.0934. The van der Waals surface area contributed by atoms with Gasteiger partial charge >= 0.3 is 0 Å². The molecule has 1 amide bonds. The molecule has 6 nitrogen and oxygen atoms in total. The number of nitrogens with zero attached hydrogens (tertiary/aromatic N) is 2. The average Bonchev–Trinajstić information content (AvgIpc) is 3.07. The number of anilines is 2. The molecule has 2 aromatic rings. The van der Waals surface area contributed by atoms with Crippen molar-refractivity contribution in [3.05, 3.63) is 39.8 Å². The molecule has 0 saturated heterocycles. The van der Waals surface area contributed by atoms with E-state index in [1.807, 2.05) is 12.1 Å². The molecule has 2 aliphatic heterocycles. The van der Waals surface area contributed by atoms with Gasteiger partial charge in [-0.3, -0.25) is 9.69 Å². The summed E-state index contributed by atoms with van der Waals surface area (Å²) < 4.78 is 0. The minimum atomic E-state index is -0.429. The molecule has 1 aromatic carbocycles. The number of fused-ring (bicyclic) bond motifs is 3. The lowest BCUT2D eigenvalue weighted by Crippen LogP contribution is -2.39. The molecule has 0 bridgehead atoms. The molecule has 0 fully saturated rings. The lowest BCUT2D eigenvalue weighted by atomic mass is 9.99. The maximum atomic E-state index is 12.9. The number of rotatable bonds is 5. The van der Waals surface area contributed by atoms with E-state index in [-0.39, 0.29) is 11.7 Å². The van der Waals surface area contributed by atoms with Gasteiger partial charge in [-0.25, -0.2) is 0 Å². The number of phenols is 1. The molecule has 29 heavy (non-hydrogen) atoms. The number of amides is 1. The average molecular weight is 415 g/mol. The second-order valence-electron chi connectivity index (χ2n) is 7.99. The SMILES string of the molecule is CCN(CC)c1ccc([C@@H]2NC(=O)c3c(sc4c3CCN(C(C)C)C4)N2)c(O)c1. The van der Waals surface area contributed by atoms with Gasteiger partial charge in [-0.1, -0.05) is 0 Å². The molecule has 0 radical (unpaired) electrons. The molecule has 4 rings (SSSR count). The van der Waals surface area contributed by atoms with Gasteiger partial charge in [-0.05, 0) is 51.8 Å². The summed E-state index contributed by atoms with van der Waals surface area (Å²) in [6.07, 6.45) is 0.477. The van der Waals surface area contributed by atoms with Crippen molar-refractivity contribution in [3.63, 3.8) is 0 Å². The van der Waals surface area contributed by atoms with E-state index in [2.05, 4.69) is 48.1 Å². The first kappa shape index (κ1) is 20.0. The van der Waals surface area contributed by atoms with Crippen molar-refractivity contribution in [2.24, 2.45) is 0 Å². The molecule has 156 valence electrons. The molecule has 0 aliphatic carbocycles. The van der Waals surface area contributed by atoms with E-state index in [4.69, 9.17) is 0 Å². The highest BCUT2D eigenvalue weighted by Crippen LogP contribution is 2.42. The Kier molecular flexibility index (Phi) is 5.44. The van der Waals surface area contributed by atoms with Gasteiger partial charge in [0.05, 0.1) is 5.56 Å². The number of carbonyl (C=O) groups is 1. The Morgan fingerprint density at radius 2 is 2.03 bits per heavy atom. The van der Waals surface area contributed by atoms with Crippen molar-refractivity contribution >= 4 is 27.9 Å². The quantitative estimate of drug-likeness (QED) is 0.692. The van der Waals surface area contributed by atoms with Crippen LogP contribution in [-0.4, -0.2) is 41.6 Å². The summed E-state index contributed by atoms with van der Waals surface area (Å²) in [6, 6.07) is 6.19. The van der Waals surface area contributed by atoms with Crippen LogP contribution in [0.5, 0.6) is 5.75 Å². The largest absolute Gasteiger partial charge is 0.507 e. The van der Waals surface area contributed by atoms with Crippen LogP contribution < -0.4 is 15.5 Å². The van der Waals surface area contributed by atoms with Gasteiger partial charge in [0.2, 0.25) is 0 Å². The van der Waals surface area contributed by atoms with Gasteiger partial charge in [0.25, 0.3) is 5.91 Å². The van der Waals surface area contributed by atoms with E-state index in [9.17, 15) is 9.90 Å². The van der Waals surface area contributed by atoms with Crippen LogP contribution in [0.1, 0.15) is 60.2 Å². The van der Waals surface area contributed by atoms with Crippen molar-refractivity contribution in [3.8, 4) is 5.75 Å². The summed E-state index contributed by atoms with van der Waals surface area (Å²) in [5.74, 6) is 0.148. The van der Waals surface area contributed by atoms with Crippen LogP contribution in [0.25, 0.3) is 0 Å². The molecule has 0 spiro atoms. The Labute approximate surface area is 176 Å². The van der Waals surface area contributed by atoms with E-state index in [0.717, 1.165) is 48.9 Å². The number of phenolic OH excluding ortho intramolecular Hbond substituents is 1. The first-order valence-corrected chi connectivity index (χ1v) is 11.3. The monoisotopic (exact) mass is 414 g/mol. The highest BCUT2D eigenvalue weighted by molar-refractivity contribution is 7.16. The molecule has 2 aliphatic rings. The lowest BCUT2D eigenvalue weighted by Gasteiger charge is -2.31. The highest BCUT2D eigenvalue weighted by Gasteiger charge is 2.34. The van der Waals surface area contributed by atoms with E-state index < -0.39 is 6.17 Å². The molecule has 3 N–H and O–H groups in total. The van der Waals surface area contributed by atoms with Crippen LogP contribution in [-0.2, 0) is 13.0 Å². The molecule has 0 saturated carbocycles. The molecule has 3 heterocycles. The van der Waals surface area contributed by atoms with Crippen LogP contribution in [0.15, 0.2) is 18.2 Å². The topological polar surface area (TPSA) is 67.8 Å². The molecule has 7 heteroatoms. The standard InChI is InChI=1S/C22H30N4O2S/c1-5-25(6-2)14-7-8-15(17(27)11-14)20-23-21(28)19-16-9-10-26(13(3)4)12-18(16)29-22(19)24-20/h7-8,11,13,20,24,27H,5-6,9-10,12H2,1-4H3,(H,23,28)/t20-/m1/s1. The van der Waals surface area contributed by atoms with Gasteiger partial charge in [-0.2, -0.15) is 0 Å². The third-order valence-corrected chi connectivity index (χ3v) is 7.20. The van der Waals surface area contributed by atoms with Crippen molar-refractivity contribution in [2.45, 2.75) is 52.9 Å². The Morgan fingerprint density at radius 1 is 1.28 bits per heavy atom. The fraction of sp³-hybridized carbons (Fsp3) is 0.500. The normalized spacial score (nSPS) is 18.8. The zero-order valence-corrected chi connectivity index (χ0v) is 18.4. The van der Waals surface area contributed by atoms with Gasteiger partial charge < -0.3 is 20.6 Å². The number of benzene rings is 1. The number of nitrogens with one attached hydrogen (secondary N) is 2. The second kappa shape index (κ2) is 7.88. The van der Waals surface area contributed by atoms with E-state index in [0.29, 0.717) is 11.6 Å². The Morgan fingerprint density at radius 3 is 2.69 bits per heavy atom. The summed E-state index contributed by atoms with van der Waals surface area (Å²) in [5.41, 5.74) is 3.66. The van der Waals surface area contributed by atoms with Crippen LogP contribution >= 0.6 is 11.3 Å². The number of hydrogen-bond acceptors (Lipinski definition) is 6. The molecular weight excluding hydrogens is 384 g/mol. The zero-order chi connectivity index (χ0) is 20.7. The highest BCUT2D eigenvalue weighted by atomic mass is 32.1. The minimum absolute atomic E-state index is 0.0496. The number of carbonyl (C=O) groups excluding carboxylic acids is 1. The maximum Gasteiger partial charge on any atom is 0.256 e. The van der Waals surface area contributed by atoms with E-state index in [1.54, 1.807) is 17.4 Å². The van der Waals surface area contributed by atoms with E-state index in [1.165, 1.54) is 10.4 Å². The fourth-order valence-electron chi connectivity index (χ4n) is 4.29. The summed E-state index contributed by atoms with van der Waals surface area (Å²) in [6.45, 7) is 12.3. The van der Waals surface area contributed by atoms with Gasteiger partial charge in [-0.15, -0.1) is 11.3 Å². The third-order valence-electron chi connectivity index (χ3n) is 6.05. The van der Waals surface area contributed by atoms with E-state index >= 15 is 0 Å². The smallest absolute Gasteiger partial charge is 0.256 e. The second-order valence-corrected chi connectivity index (χ2v) is 9.09. The number of thiophene rings is 1. The summed E-state index contributed by atoms with van der Waals surface area (Å²) in [4.78, 5) is 18.9. The first-order valence-electron chi connectivity index (χ1n) is 10.5. The summed E-state index contributed by atoms with van der Waals surface area (Å²) in [5, 5.41) is 18.1. The Hall–Kier alpha value is -2.25. The van der Waals surface area contributed by atoms with Crippen molar-refractivity contribution in [1.82, 2.24) is 10.2 Å².